The molecule has 0 saturated carbocycles. The number of nitrogens with two attached hydrogens (primary N) is 1. The number of amides is 1. The summed E-state index contributed by atoms with van der Waals surface area (Å²) in [6.45, 7) is 0.138. The van der Waals surface area contributed by atoms with Crippen molar-refractivity contribution in [3.8, 4) is 0 Å². The molecule has 0 aliphatic rings. The molecule has 0 spiro atoms. The maximum atomic E-state index is 11.6. The fraction of sp³-hybridized carbons (Fsp3) is 0.400. The Kier molecular flexibility index (Phi) is 7.15. The Bertz CT molecular complexity index is 452. The number of aryl methyl sites for hydroxylation is 1. The zero-order valence-electron chi connectivity index (χ0n) is 9.97. The lowest BCUT2D eigenvalue weighted by Crippen LogP contribution is -2.39. The van der Waals surface area contributed by atoms with E-state index < -0.39 is 6.04 Å². The number of nitrogens with one attached hydrogen (secondary N) is 1. The van der Waals surface area contributed by atoms with Crippen LogP contribution in [0.15, 0.2) is 21.5 Å². The number of carbonyl (C=O) groups is 1. The minimum absolute atomic E-state index is 0. The topological polar surface area (TPSA) is 86.3 Å². The highest BCUT2D eigenvalue weighted by Crippen LogP contribution is 2.11. The smallest absolute Gasteiger partial charge is 0.264 e. The molecule has 102 valence electrons. The van der Waals surface area contributed by atoms with Crippen molar-refractivity contribution in [1.29, 1.82) is 0 Å². The molecule has 8 heteroatoms. The molecule has 0 radical (unpaired) electrons. The highest BCUT2D eigenvalue weighted by Gasteiger charge is 2.13. The van der Waals surface area contributed by atoms with Crippen LogP contribution in [0.2, 0.25) is 0 Å². The first-order chi connectivity index (χ1) is 7.95. The predicted octanol–water partition coefficient (Wildman–Crippen LogP) is 0.482. The Morgan fingerprint density at radius 1 is 1.67 bits per heavy atom. The van der Waals surface area contributed by atoms with Gasteiger partial charge >= 0.3 is 0 Å². The van der Waals surface area contributed by atoms with Crippen molar-refractivity contribution < 1.29 is 9.53 Å². The van der Waals surface area contributed by atoms with E-state index >= 15 is 0 Å². The summed E-state index contributed by atoms with van der Waals surface area (Å²) in [5.74, 6) is -0.364. The Morgan fingerprint density at radius 3 is 2.78 bits per heavy atom. The van der Waals surface area contributed by atoms with Crippen molar-refractivity contribution in [3.63, 3.8) is 0 Å². The molecule has 1 aromatic rings. The van der Waals surface area contributed by atoms with Gasteiger partial charge in [0.15, 0.2) is 0 Å². The van der Waals surface area contributed by atoms with Crippen LogP contribution in [0.5, 0.6) is 0 Å². The van der Waals surface area contributed by atoms with E-state index in [9.17, 15) is 9.59 Å². The van der Waals surface area contributed by atoms with Gasteiger partial charge in [0.1, 0.15) is 6.04 Å². The van der Waals surface area contributed by atoms with Crippen LogP contribution in [0.3, 0.4) is 0 Å². The number of halogens is 2. The SMILES string of the molecule is COCC(N)C(=O)Nc1cc(Br)c(=O)n(C)c1.Cl. The zero-order chi connectivity index (χ0) is 13.0. The molecule has 6 nitrogen and oxygen atoms in total. The standard InChI is InChI=1S/C10H14BrN3O3.ClH/c1-14-4-6(3-7(11)10(14)16)13-9(15)8(12)5-17-2;/h3-4,8H,5,12H2,1-2H3,(H,13,15);1H. The first-order valence-corrected chi connectivity index (χ1v) is 5.66. The lowest BCUT2D eigenvalue weighted by atomic mass is 10.3. The van der Waals surface area contributed by atoms with Gasteiger partial charge in [-0.1, -0.05) is 0 Å². The van der Waals surface area contributed by atoms with E-state index in [-0.39, 0.29) is 30.5 Å². The molecule has 0 fully saturated rings. The monoisotopic (exact) mass is 339 g/mol. The van der Waals surface area contributed by atoms with Gasteiger partial charge in [0.2, 0.25) is 5.91 Å². The van der Waals surface area contributed by atoms with E-state index in [1.807, 2.05) is 0 Å². The number of methoxy groups -OCH3 is 1. The van der Waals surface area contributed by atoms with Crippen molar-refractivity contribution in [2.24, 2.45) is 12.8 Å². The van der Waals surface area contributed by atoms with Crippen LogP contribution < -0.4 is 16.6 Å². The number of anilines is 1. The minimum Gasteiger partial charge on any atom is -0.383 e. The van der Waals surface area contributed by atoms with Crippen LogP contribution in [0.1, 0.15) is 0 Å². The van der Waals surface area contributed by atoms with Gasteiger partial charge in [-0.05, 0) is 22.0 Å². The van der Waals surface area contributed by atoms with Crippen molar-refractivity contribution in [2.45, 2.75) is 6.04 Å². The van der Waals surface area contributed by atoms with Crippen LogP contribution in [-0.4, -0.2) is 30.2 Å². The first kappa shape index (κ1) is 17.1. The quantitative estimate of drug-likeness (QED) is 0.835. The van der Waals surface area contributed by atoms with Gasteiger partial charge in [0.05, 0.1) is 16.8 Å². The molecule has 18 heavy (non-hydrogen) atoms. The van der Waals surface area contributed by atoms with E-state index in [1.165, 1.54) is 23.9 Å². The van der Waals surface area contributed by atoms with Gasteiger partial charge in [-0.2, -0.15) is 0 Å². The second-order valence-electron chi connectivity index (χ2n) is 3.54. The molecular weight excluding hydrogens is 325 g/mol. The third-order valence-corrected chi connectivity index (χ3v) is 2.66. The van der Waals surface area contributed by atoms with Crippen molar-refractivity contribution in [1.82, 2.24) is 4.57 Å². The fourth-order valence-electron chi connectivity index (χ4n) is 1.23. The fourth-order valence-corrected chi connectivity index (χ4v) is 1.76. The molecule has 3 N–H and O–H groups in total. The Hall–Kier alpha value is -0.890. The molecule has 0 saturated heterocycles. The highest BCUT2D eigenvalue weighted by molar-refractivity contribution is 9.10. The summed E-state index contributed by atoms with van der Waals surface area (Å²) >= 11 is 3.11. The average Bonchev–Trinajstić information content (AvgIpc) is 2.26. The molecule has 0 bridgehead atoms. The number of aromatic nitrogens is 1. The van der Waals surface area contributed by atoms with E-state index in [1.54, 1.807) is 7.05 Å². The van der Waals surface area contributed by atoms with Gasteiger partial charge in [-0.25, -0.2) is 0 Å². The van der Waals surface area contributed by atoms with Gasteiger partial charge < -0.3 is 20.4 Å². The normalized spacial score (nSPS) is 11.6. The number of ether oxygens (including phenoxy) is 1. The summed E-state index contributed by atoms with van der Waals surface area (Å²) in [5, 5.41) is 2.60. The molecular formula is C10H15BrClN3O3. The summed E-state index contributed by atoms with van der Waals surface area (Å²) < 4.78 is 6.51. The second-order valence-corrected chi connectivity index (χ2v) is 4.40. The highest BCUT2D eigenvalue weighted by atomic mass is 79.9. The van der Waals surface area contributed by atoms with Crippen LogP contribution in [-0.2, 0) is 16.6 Å². The molecule has 1 unspecified atom stereocenters. The Morgan fingerprint density at radius 2 is 2.28 bits per heavy atom. The summed E-state index contributed by atoms with van der Waals surface area (Å²) in [6, 6.07) is 0.788. The maximum absolute atomic E-state index is 11.6. The van der Waals surface area contributed by atoms with Crippen LogP contribution in [0.25, 0.3) is 0 Å². The minimum atomic E-state index is -0.740. The Balaban J connectivity index is 0.00000289. The molecule has 0 aromatic carbocycles. The van der Waals surface area contributed by atoms with Crippen LogP contribution in [0.4, 0.5) is 5.69 Å². The van der Waals surface area contributed by atoms with E-state index in [0.717, 1.165) is 0 Å². The Labute approximate surface area is 119 Å². The molecule has 1 aromatic heterocycles. The molecule has 1 heterocycles. The number of hydrogen-bond acceptors (Lipinski definition) is 4. The van der Waals surface area contributed by atoms with Gasteiger partial charge in [-0.3, -0.25) is 9.59 Å². The van der Waals surface area contributed by atoms with Gasteiger partial charge in [0.25, 0.3) is 5.56 Å². The number of carbonyl (C=O) groups excluding carboxylic acids is 1. The van der Waals surface area contributed by atoms with Crippen molar-refractivity contribution in [2.75, 3.05) is 19.0 Å². The largest absolute Gasteiger partial charge is 0.383 e. The van der Waals surface area contributed by atoms with E-state index in [2.05, 4.69) is 21.2 Å². The average molecular weight is 341 g/mol. The number of pyridine rings is 1. The van der Waals surface area contributed by atoms with Crippen LogP contribution in [0, 0.1) is 0 Å². The van der Waals surface area contributed by atoms with Crippen molar-refractivity contribution >= 4 is 39.9 Å². The molecule has 1 amide bonds. The van der Waals surface area contributed by atoms with Gasteiger partial charge in [0, 0.05) is 20.4 Å². The molecule has 1 atom stereocenters. The third-order valence-electron chi connectivity index (χ3n) is 2.09. The first-order valence-electron chi connectivity index (χ1n) is 4.87. The number of hydrogen-bond donors (Lipinski definition) is 2. The summed E-state index contributed by atoms with van der Waals surface area (Å²) in [7, 11) is 3.06. The van der Waals surface area contributed by atoms with Crippen LogP contribution >= 0.6 is 28.3 Å². The van der Waals surface area contributed by atoms with Crippen molar-refractivity contribution in [3.05, 3.63) is 27.1 Å². The third kappa shape index (κ3) is 4.41. The molecule has 1 rings (SSSR count). The lowest BCUT2D eigenvalue weighted by Gasteiger charge is -2.12. The van der Waals surface area contributed by atoms with E-state index in [4.69, 9.17) is 10.5 Å². The molecule has 0 aliphatic heterocycles. The summed E-state index contributed by atoms with van der Waals surface area (Å²) in [4.78, 5) is 23.0. The number of nitrogens with zero attached hydrogens (tertiary/aromatic N) is 1. The zero-order valence-corrected chi connectivity index (χ0v) is 12.4. The molecule has 0 aliphatic carbocycles. The summed E-state index contributed by atoms with van der Waals surface area (Å²) in [5.41, 5.74) is 5.88. The second kappa shape index (κ2) is 7.52. The predicted molar refractivity (Wildman–Crippen MR) is 75.1 cm³/mol. The van der Waals surface area contributed by atoms with Gasteiger partial charge in [-0.15, -0.1) is 12.4 Å². The summed E-state index contributed by atoms with van der Waals surface area (Å²) in [6.07, 6.45) is 1.52. The number of rotatable bonds is 4. The van der Waals surface area contributed by atoms with E-state index in [0.29, 0.717) is 10.2 Å². The lowest BCUT2D eigenvalue weighted by molar-refractivity contribution is -0.118. The maximum Gasteiger partial charge on any atom is 0.264 e.